The topological polar surface area (TPSA) is 75.2 Å². The second-order valence-corrected chi connectivity index (χ2v) is 7.52. The van der Waals surface area contributed by atoms with E-state index in [-0.39, 0.29) is 12.5 Å². The van der Waals surface area contributed by atoms with E-state index in [0.717, 1.165) is 32.8 Å². The third-order valence-electron chi connectivity index (χ3n) is 4.11. The molecule has 1 aromatic carbocycles. The molecule has 1 aliphatic rings. The predicted molar refractivity (Wildman–Crippen MR) is 107 cm³/mol. The smallest absolute Gasteiger partial charge is 0.325 e. The van der Waals surface area contributed by atoms with Crippen LogP contribution in [0.15, 0.2) is 29.3 Å². The van der Waals surface area contributed by atoms with Gasteiger partial charge in [-0.05, 0) is 31.9 Å². The van der Waals surface area contributed by atoms with Crippen LogP contribution < -0.4 is 10.6 Å². The number of ether oxygens (including phenoxy) is 2. The average Bonchev–Trinajstić information content (AvgIpc) is 2.62. The number of guanidine groups is 1. The Morgan fingerprint density at radius 1 is 1.19 bits per heavy atom. The van der Waals surface area contributed by atoms with Crippen molar-refractivity contribution in [1.29, 1.82) is 0 Å². The number of nitrogens with one attached hydrogen (secondary N) is 2. The van der Waals surface area contributed by atoms with Crippen molar-refractivity contribution in [3.63, 3.8) is 0 Å². The molecule has 2 rings (SSSR count). The number of hydrogen-bond acceptors (Lipinski definition) is 5. The van der Waals surface area contributed by atoms with E-state index < -0.39 is 5.60 Å². The molecule has 0 atom stereocenters. The molecule has 0 radical (unpaired) electrons. The van der Waals surface area contributed by atoms with Crippen LogP contribution in [0.5, 0.6) is 0 Å². The van der Waals surface area contributed by atoms with Crippen LogP contribution in [0.4, 0.5) is 0 Å². The number of morpholine rings is 1. The molecule has 0 unspecified atom stereocenters. The normalized spacial score (nSPS) is 16.1. The minimum atomic E-state index is -0.492. The Labute approximate surface area is 162 Å². The van der Waals surface area contributed by atoms with Crippen molar-refractivity contribution < 1.29 is 14.3 Å². The molecular weight excluding hydrogens is 344 g/mol. The molecule has 1 heterocycles. The van der Waals surface area contributed by atoms with Crippen LogP contribution in [-0.4, -0.2) is 62.3 Å². The van der Waals surface area contributed by atoms with Crippen LogP contribution >= 0.6 is 0 Å². The van der Waals surface area contributed by atoms with E-state index in [1.165, 1.54) is 11.1 Å². The summed E-state index contributed by atoms with van der Waals surface area (Å²) in [4.78, 5) is 18.4. The number of esters is 1. The summed E-state index contributed by atoms with van der Waals surface area (Å²) in [6, 6.07) is 8.37. The van der Waals surface area contributed by atoms with Gasteiger partial charge in [-0.15, -0.1) is 0 Å². The molecule has 1 aliphatic heterocycles. The number of rotatable bonds is 6. The second-order valence-electron chi connectivity index (χ2n) is 7.52. The summed E-state index contributed by atoms with van der Waals surface area (Å²) in [6.07, 6.45) is 0. The summed E-state index contributed by atoms with van der Waals surface area (Å²) >= 11 is 0. The zero-order valence-corrected chi connectivity index (χ0v) is 16.9. The Balaban J connectivity index is 1.86. The quantitative estimate of drug-likeness (QED) is 0.446. The van der Waals surface area contributed by atoms with Gasteiger partial charge in [0.15, 0.2) is 5.96 Å². The first kappa shape index (κ1) is 21.2. The van der Waals surface area contributed by atoms with Gasteiger partial charge in [0.1, 0.15) is 12.1 Å². The van der Waals surface area contributed by atoms with Gasteiger partial charge in [-0.3, -0.25) is 14.7 Å². The summed E-state index contributed by atoms with van der Waals surface area (Å²) in [5.41, 5.74) is 2.01. The van der Waals surface area contributed by atoms with Crippen molar-refractivity contribution in [2.75, 3.05) is 39.9 Å². The van der Waals surface area contributed by atoms with Crippen LogP contribution in [0.2, 0.25) is 0 Å². The van der Waals surface area contributed by atoms with Gasteiger partial charge in [-0.1, -0.05) is 24.3 Å². The van der Waals surface area contributed by atoms with Gasteiger partial charge in [0, 0.05) is 33.2 Å². The van der Waals surface area contributed by atoms with Gasteiger partial charge in [0.05, 0.1) is 13.2 Å². The summed E-state index contributed by atoms with van der Waals surface area (Å²) in [5, 5.41) is 6.27. The van der Waals surface area contributed by atoms with Gasteiger partial charge in [0.25, 0.3) is 0 Å². The molecule has 1 aromatic rings. The molecule has 0 amide bonds. The largest absolute Gasteiger partial charge is 0.459 e. The summed E-state index contributed by atoms with van der Waals surface area (Å²) in [6.45, 7) is 10.7. The molecule has 0 bridgehead atoms. The average molecular weight is 377 g/mol. The number of aliphatic imine (C=N–C) groups is 1. The third kappa shape index (κ3) is 7.97. The molecule has 0 spiro atoms. The third-order valence-corrected chi connectivity index (χ3v) is 4.11. The number of nitrogens with zero attached hydrogens (tertiary/aromatic N) is 2. The Bertz CT molecular complexity index is 634. The van der Waals surface area contributed by atoms with Gasteiger partial charge in [0.2, 0.25) is 0 Å². The van der Waals surface area contributed by atoms with E-state index in [0.29, 0.717) is 12.5 Å². The number of carbonyl (C=O) groups excluding carboxylic acids is 1. The molecule has 0 aliphatic carbocycles. The van der Waals surface area contributed by atoms with Crippen molar-refractivity contribution in [3.8, 4) is 0 Å². The SMILES string of the molecule is CN=C(NCC(=O)OC(C)(C)C)NCc1ccccc1CN1CCOCC1. The molecule has 150 valence electrons. The molecule has 0 aromatic heterocycles. The van der Waals surface area contributed by atoms with Gasteiger partial charge >= 0.3 is 5.97 Å². The molecule has 1 saturated heterocycles. The van der Waals surface area contributed by atoms with Crippen molar-refractivity contribution in [2.24, 2.45) is 4.99 Å². The lowest BCUT2D eigenvalue weighted by molar-refractivity contribution is -0.153. The van der Waals surface area contributed by atoms with E-state index in [4.69, 9.17) is 9.47 Å². The van der Waals surface area contributed by atoms with Crippen LogP contribution in [-0.2, 0) is 27.4 Å². The van der Waals surface area contributed by atoms with E-state index in [1.54, 1.807) is 7.05 Å². The zero-order valence-electron chi connectivity index (χ0n) is 16.9. The first-order valence-electron chi connectivity index (χ1n) is 9.40. The van der Waals surface area contributed by atoms with Crippen LogP contribution in [0.25, 0.3) is 0 Å². The van der Waals surface area contributed by atoms with Crippen molar-refractivity contribution in [2.45, 2.75) is 39.5 Å². The lowest BCUT2D eigenvalue weighted by Crippen LogP contribution is -2.41. The lowest BCUT2D eigenvalue weighted by Gasteiger charge is -2.27. The maximum atomic E-state index is 11.8. The maximum Gasteiger partial charge on any atom is 0.325 e. The van der Waals surface area contributed by atoms with Gasteiger partial charge in [-0.2, -0.15) is 0 Å². The van der Waals surface area contributed by atoms with Crippen LogP contribution in [0, 0.1) is 0 Å². The minimum Gasteiger partial charge on any atom is -0.459 e. The van der Waals surface area contributed by atoms with Crippen LogP contribution in [0.3, 0.4) is 0 Å². The molecule has 2 N–H and O–H groups in total. The van der Waals surface area contributed by atoms with Crippen LogP contribution in [0.1, 0.15) is 31.9 Å². The molecule has 27 heavy (non-hydrogen) atoms. The second kappa shape index (κ2) is 10.3. The maximum absolute atomic E-state index is 11.8. The van der Waals surface area contributed by atoms with Crippen molar-refractivity contribution >= 4 is 11.9 Å². The van der Waals surface area contributed by atoms with E-state index >= 15 is 0 Å². The highest BCUT2D eigenvalue weighted by atomic mass is 16.6. The Morgan fingerprint density at radius 2 is 1.85 bits per heavy atom. The van der Waals surface area contributed by atoms with Gasteiger partial charge < -0.3 is 20.1 Å². The predicted octanol–water partition coefficient (Wildman–Crippen LogP) is 1.53. The van der Waals surface area contributed by atoms with E-state index in [1.807, 2.05) is 26.8 Å². The molecular formula is C20H32N4O3. The summed E-state index contributed by atoms with van der Waals surface area (Å²) in [7, 11) is 1.68. The zero-order chi connectivity index (χ0) is 19.7. The first-order valence-corrected chi connectivity index (χ1v) is 9.40. The minimum absolute atomic E-state index is 0.0758. The highest BCUT2D eigenvalue weighted by Gasteiger charge is 2.16. The number of carbonyl (C=O) groups is 1. The Kier molecular flexibility index (Phi) is 8.06. The highest BCUT2D eigenvalue weighted by molar-refractivity contribution is 5.84. The van der Waals surface area contributed by atoms with Crippen molar-refractivity contribution in [1.82, 2.24) is 15.5 Å². The molecule has 0 saturated carbocycles. The lowest BCUT2D eigenvalue weighted by atomic mass is 10.1. The summed E-state index contributed by atoms with van der Waals surface area (Å²) in [5.74, 6) is 0.264. The fourth-order valence-electron chi connectivity index (χ4n) is 2.82. The van der Waals surface area contributed by atoms with E-state index in [2.05, 4.69) is 38.7 Å². The molecule has 7 heteroatoms. The standard InChI is InChI=1S/C20H32N4O3/c1-20(2,3)27-18(25)14-23-19(21-4)22-13-16-7-5-6-8-17(16)15-24-9-11-26-12-10-24/h5-8H,9-15H2,1-4H3,(H2,21,22,23). The summed E-state index contributed by atoms with van der Waals surface area (Å²) < 4.78 is 10.7. The fourth-order valence-corrected chi connectivity index (χ4v) is 2.82. The van der Waals surface area contributed by atoms with E-state index in [9.17, 15) is 4.79 Å². The Hall–Kier alpha value is -2.12. The molecule has 1 fully saturated rings. The highest BCUT2D eigenvalue weighted by Crippen LogP contribution is 2.13. The van der Waals surface area contributed by atoms with Crippen molar-refractivity contribution in [3.05, 3.63) is 35.4 Å². The fraction of sp³-hybridized carbons (Fsp3) is 0.600. The molecule has 7 nitrogen and oxygen atoms in total. The number of benzene rings is 1. The first-order chi connectivity index (χ1) is 12.9. The van der Waals surface area contributed by atoms with Gasteiger partial charge in [-0.25, -0.2) is 0 Å². The number of hydrogen-bond donors (Lipinski definition) is 2. The Morgan fingerprint density at radius 3 is 2.48 bits per heavy atom. The monoisotopic (exact) mass is 376 g/mol.